The summed E-state index contributed by atoms with van der Waals surface area (Å²) in [6.45, 7) is 0.0947. The minimum Gasteiger partial charge on any atom is -0.439 e. The zero-order valence-corrected chi connectivity index (χ0v) is 17.7. The Kier molecular flexibility index (Phi) is 6.03. The summed E-state index contributed by atoms with van der Waals surface area (Å²) in [5, 5.41) is 3.19. The van der Waals surface area contributed by atoms with Crippen molar-refractivity contribution < 1.29 is 13.9 Å². The normalized spacial score (nSPS) is 10.8. The maximum Gasteiger partial charge on any atom is 0.261 e. The molecule has 4 rings (SSSR count). The Hall–Kier alpha value is -3.59. The van der Waals surface area contributed by atoms with Crippen LogP contribution in [0.1, 0.15) is 5.56 Å². The summed E-state index contributed by atoms with van der Waals surface area (Å²) >= 11 is 3.33. The third-order valence-electron chi connectivity index (χ3n) is 4.42. The van der Waals surface area contributed by atoms with Crippen LogP contribution in [0.2, 0.25) is 0 Å². The molecule has 2 aromatic heterocycles. The van der Waals surface area contributed by atoms with Crippen molar-refractivity contribution in [1.82, 2.24) is 19.9 Å². The van der Waals surface area contributed by atoms with Gasteiger partial charge in [0, 0.05) is 23.3 Å². The number of aromatic nitrogens is 3. The molecule has 1 amide bonds. The summed E-state index contributed by atoms with van der Waals surface area (Å²) in [6, 6.07) is 14.2. The van der Waals surface area contributed by atoms with Gasteiger partial charge in [-0.05, 0) is 48.0 Å². The van der Waals surface area contributed by atoms with Crippen LogP contribution in [0.5, 0.6) is 11.6 Å². The third-order valence-corrected chi connectivity index (χ3v) is 4.92. The molecular weight excluding hydrogens is 467 g/mol. The maximum absolute atomic E-state index is 12.9. The highest BCUT2D eigenvalue weighted by atomic mass is 79.9. The van der Waals surface area contributed by atoms with Crippen molar-refractivity contribution in [2.24, 2.45) is 0 Å². The van der Waals surface area contributed by atoms with Crippen LogP contribution in [-0.2, 0) is 17.9 Å². The highest BCUT2D eigenvalue weighted by Crippen LogP contribution is 2.19. The first-order chi connectivity index (χ1) is 15.0. The first kappa shape index (κ1) is 20.7. The van der Waals surface area contributed by atoms with Crippen molar-refractivity contribution >= 4 is 32.7 Å². The van der Waals surface area contributed by atoms with E-state index in [4.69, 9.17) is 4.74 Å². The molecule has 0 saturated carbocycles. The van der Waals surface area contributed by atoms with Crippen molar-refractivity contribution in [3.63, 3.8) is 0 Å². The second kappa shape index (κ2) is 9.05. The maximum atomic E-state index is 12.9. The molecule has 0 radical (unpaired) electrons. The summed E-state index contributed by atoms with van der Waals surface area (Å²) in [5.74, 6) is 0.143. The lowest BCUT2D eigenvalue weighted by Gasteiger charge is -2.09. The molecule has 0 atom stereocenters. The second-order valence-electron chi connectivity index (χ2n) is 6.68. The summed E-state index contributed by atoms with van der Waals surface area (Å²) in [6.07, 6.45) is 2.93. The zero-order chi connectivity index (χ0) is 21.8. The molecule has 2 aromatic carbocycles. The predicted octanol–water partition coefficient (Wildman–Crippen LogP) is 3.80. The molecule has 0 aliphatic heterocycles. The van der Waals surface area contributed by atoms with Crippen LogP contribution in [0.25, 0.3) is 10.9 Å². The van der Waals surface area contributed by atoms with E-state index in [1.54, 1.807) is 36.5 Å². The zero-order valence-electron chi connectivity index (χ0n) is 16.1. The van der Waals surface area contributed by atoms with Gasteiger partial charge in [-0.2, -0.15) is 0 Å². The van der Waals surface area contributed by atoms with Crippen LogP contribution in [0.4, 0.5) is 4.39 Å². The Bertz CT molecular complexity index is 1290. The van der Waals surface area contributed by atoms with Crippen molar-refractivity contribution in [3.05, 3.63) is 93.3 Å². The monoisotopic (exact) mass is 482 g/mol. The average molecular weight is 483 g/mol. The number of fused-ring (bicyclic) bond motifs is 1. The van der Waals surface area contributed by atoms with Crippen molar-refractivity contribution in [2.75, 3.05) is 0 Å². The van der Waals surface area contributed by atoms with Crippen LogP contribution in [-0.4, -0.2) is 20.4 Å². The first-order valence-electron chi connectivity index (χ1n) is 9.28. The lowest BCUT2D eigenvalue weighted by Crippen LogP contribution is -2.32. The molecule has 0 bridgehead atoms. The number of carbonyl (C=O) groups is 1. The standard InChI is InChI=1S/C22H16BrFN4O3/c23-15-2-7-19-18(9-15)22(30)28(13-27-19)12-20(29)25-10-14-1-8-21(26-11-14)31-17-5-3-16(24)4-6-17/h1-9,11,13H,10,12H2,(H,25,29). The summed E-state index contributed by atoms with van der Waals surface area (Å²) in [4.78, 5) is 33.3. The minimum absolute atomic E-state index is 0.145. The largest absolute Gasteiger partial charge is 0.439 e. The molecule has 7 nitrogen and oxygen atoms in total. The minimum atomic E-state index is -0.346. The average Bonchev–Trinajstić information content (AvgIpc) is 2.77. The smallest absolute Gasteiger partial charge is 0.261 e. The number of hydrogen-bond acceptors (Lipinski definition) is 5. The number of ether oxygens (including phenoxy) is 1. The van der Waals surface area contributed by atoms with Crippen LogP contribution in [0, 0.1) is 5.82 Å². The van der Waals surface area contributed by atoms with E-state index in [0.29, 0.717) is 22.5 Å². The molecule has 0 unspecified atom stereocenters. The Labute approximate surface area is 184 Å². The van der Waals surface area contributed by atoms with Crippen LogP contribution in [0.15, 0.2) is 76.4 Å². The number of nitrogens with zero attached hydrogens (tertiary/aromatic N) is 3. The molecule has 156 valence electrons. The molecule has 2 heterocycles. The van der Waals surface area contributed by atoms with Gasteiger partial charge in [-0.25, -0.2) is 14.4 Å². The van der Waals surface area contributed by atoms with Gasteiger partial charge in [0.05, 0.1) is 17.2 Å². The van der Waals surface area contributed by atoms with Crippen molar-refractivity contribution in [2.45, 2.75) is 13.1 Å². The van der Waals surface area contributed by atoms with Gasteiger partial charge in [0.25, 0.3) is 5.56 Å². The number of nitrogens with one attached hydrogen (secondary N) is 1. The number of carbonyl (C=O) groups excluding carboxylic acids is 1. The van der Waals surface area contributed by atoms with Crippen LogP contribution in [0.3, 0.4) is 0 Å². The molecule has 1 N–H and O–H groups in total. The van der Waals surface area contributed by atoms with Gasteiger partial charge in [-0.15, -0.1) is 0 Å². The van der Waals surface area contributed by atoms with Gasteiger partial charge in [0.2, 0.25) is 11.8 Å². The molecule has 0 spiro atoms. The molecular formula is C22H16BrFN4O3. The van der Waals surface area contributed by atoms with E-state index >= 15 is 0 Å². The highest BCUT2D eigenvalue weighted by Gasteiger charge is 2.09. The van der Waals surface area contributed by atoms with Gasteiger partial charge in [0.1, 0.15) is 18.1 Å². The van der Waals surface area contributed by atoms with E-state index in [-0.39, 0.29) is 30.4 Å². The van der Waals surface area contributed by atoms with E-state index in [9.17, 15) is 14.0 Å². The summed E-state index contributed by atoms with van der Waals surface area (Å²) in [5.41, 5.74) is 1.04. The van der Waals surface area contributed by atoms with E-state index in [0.717, 1.165) is 10.0 Å². The van der Waals surface area contributed by atoms with Crippen molar-refractivity contribution in [3.8, 4) is 11.6 Å². The SMILES string of the molecule is O=C(Cn1cnc2ccc(Br)cc2c1=O)NCc1ccc(Oc2ccc(F)cc2)nc1. The lowest BCUT2D eigenvalue weighted by atomic mass is 10.2. The molecule has 31 heavy (non-hydrogen) atoms. The molecule has 0 aliphatic rings. The molecule has 4 aromatic rings. The lowest BCUT2D eigenvalue weighted by molar-refractivity contribution is -0.121. The van der Waals surface area contributed by atoms with Gasteiger partial charge >= 0.3 is 0 Å². The second-order valence-corrected chi connectivity index (χ2v) is 7.59. The number of amides is 1. The van der Waals surface area contributed by atoms with Crippen LogP contribution < -0.4 is 15.6 Å². The molecule has 0 fully saturated rings. The first-order valence-corrected chi connectivity index (χ1v) is 10.1. The van der Waals surface area contributed by atoms with Gasteiger partial charge in [-0.3, -0.25) is 14.2 Å². The number of halogens is 2. The molecule has 9 heteroatoms. The highest BCUT2D eigenvalue weighted by molar-refractivity contribution is 9.10. The molecule has 0 saturated heterocycles. The number of pyridine rings is 1. The van der Waals surface area contributed by atoms with E-state index in [2.05, 4.69) is 31.2 Å². The number of rotatable bonds is 6. The van der Waals surface area contributed by atoms with E-state index in [1.165, 1.54) is 35.2 Å². The Balaban J connectivity index is 1.35. The fourth-order valence-electron chi connectivity index (χ4n) is 2.85. The van der Waals surface area contributed by atoms with Crippen LogP contribution >= 0.6 is 15.9 Å². The topological polar surface area (TPSA) is 86.1 Å². The van der Waals surface area contributed by atoms with E-state index < -0.39 is 0 Å². The predicted molar refractivity (Wildman–Crippen MR) is 116 cm³/mol. The summed E-state index contributed by atoms with van der Waals surface area (Å²) < 4.78 is 20.5. The van der Waals surface area contributed by atoms with Gasteiger partial charge in [-0.1, -0.05) is 22.0 Å². The van der Waals surface area contributed by atoms with Gasteiger partial charge in [0.15, 0.2) is 0 Å². The third kappa shape index (κ3) is 5.13. The quantitative estimate of drug-likeness (QED) is 0.451. The van der Waals surface area contributed by atoms with Crippen molar-refractivity contribution in [1.29, 1.82) is 0 Å². The number of benzene rings is 2. The fraction of sp³-hybridized carbons (Fsp3) is 0.0909. The van der Waals surface area contributed by atoms with E-state index in [1.807, 2.05) is 0 Å². The van der Waals surface area contributed by atoms with Gasteiger partial charge < -0.3 is 10.1 Å². The number of hydrogen-bond donors (Lipinski definition) is 1. The Morgan fingerprint density at radius 2 is 1.90 bits per heavy atom. The fourth-order valence-corrected chi connectivity index (χ4v) is 3.22. The summed E-state index contributed by atoms with van der Waals surface area (Å²) in [7, 11) is 0. The molecule has 0 aliphatic carbocycles. The Morgan fingerprint density at radius 1 is 1.10 bits per heavy atom. The Morgan fingerprint density at radius 3 is 2.65 bits per heavy atom.